The molecule has 2 heterocycles. The van der Waals surface area contributed by atoms with Crippen molar-refractivity contribution in [2.45, 2.75) is 12.5 Å². The average molecular weight is 471 g/mol. The molecule has 3 nitrogen and oxygen atoms in total. The lowest BCUT2D eigenvalue weighted by molar-refractivity contribution is 0.125. The van der Waals surface area contributed by atoms with Gasteiger partial charge in [0.25, 0.3) is 0 Å². The Morgan fingerprint density at radius 2 is 1.55 bits per heavy atom. The number of benzene rings is 3. The standard InChI is InChI=1S/C28H20Cl2N2O/c1-18-7-5-10-20(15-18)28(33,22-11-6-14-31-17-22)21-12-13-24-23(16-21)26(29)25(27(30)32-24)19-8-3-2-4-9-19/h2-17,33H,1H3. The summed E-state index contributed by atoms with van der Waals surface area (Å²) in [4.78, 5) is 8.84. The van der Waals surface area contributed by atoms with Crippen LogP contribution in [0.1, 0.15) is 22.3 Å². The third kappa shape index (κ3) is 3.79. The number of nitrogens with zero attached hydrogens (tertiary/aromatic N) is 2. The van der Waals surface area contributed by atoms with Gasteiger partial charge < -0.3 is 5.11 Å². The predicted octanol–water partition coefficient (Wildman–Crippen LogP) is 7.20. The maximum absolute atomic E-state index is 12.2. The first-order chi connectivity index (χ1) is 16.0. The van der Waals surface area contributed by atoms with Crippen molar-refractivity contribution in [1.29, 1.82) is 0 Å². The molecule has 1 unspecified atom stereocenters. The van der Waals surface area contributed by atoms with Gasteiger partial charge in [-0.25, -0.2) is 4.98 Å². The van der Waals surface area contributed by atoms with E-state index >= 15 is 0 Å². The molecule has 0 saturated heterocycles. The zero-order chi connectivity index (χ0) is 23.0. The van der Waals surface area contributed by atoms with Gasteiger partial charge in [0.05, 0.1) is 10.5 Å². The molecule has 0 amide bonds. The van der Waals surface area contributed by atoms with E-state index in [4.69, 9.17) is 23.2 Å². The monoisotopic (exact) mass is 470 g/mol. The summed E-state index contributed by atoms with van der Waals surface area (Å²) in [6.45, 7) is 2.00. The van der Waals surface area contributed by atoms with Crippen LogP contribution < -0.4 is 0 Å². The number of fused-ring (bicyclic) bond motifs is 1. The van der Waals surface area contributed by atoms with Gasteiger partial charge in [0.15, 0.2) is 0 Å². The highest BCUT2D eigenvalue weighted by atomic mass is 35.5. The topological polar surface area (TPSA) is 46.0 Å². The Hall–Kier alpha value is -3.24. The highest BCUT2D eigenvalue weighted by Crippen LogP contribution is 2.42. The van der Waals surface area contributed by atoms with Crippen molar-refractivity contribution in [3.63, 3.8) is 0 Å². The van der Waals surface area contributed by atoms with Gasteiger partial charge in [0.2, 0.25) is 0 Å². The van der Waals surface area contributed by atoms with Crippen LogP contribution in [0.15, 0.2) is 97.3 Å². The highest BCUT2D eigenvalue weighted by molar-refractivity contribution is 6.42. The van der Waals surface area contributed by atoms with E-state index in [2.05, 4.69) is 9.97 Å². The van der Waals surface area contributed by atoms with Gasteiger partial charge in [-0.3, -0.25) is 4.98 Å². The smallest absolute Gasteiger partial charge is 0.142 e. The van der Waals surface area contributed by atoms with Crippen molar-refractivity contribution in [2.75, 3.05) is 0 Å². The summed E-state index contributed by atoms with van der Waals surface area (Å²) in [5.41, 5.74) is 3.91. The molecule has 0 radical (unpaired) electrons. The maximum atomic E-state index is 12.2. The van der Waals surface area contributed by atoms with Gasteiger partial charge in [0, 0.05) is 28.9 Å². The van der Waals surface area contributed by atoms with Gasteiger partial charge in [-0.05, 0) is 41.8 Å². The number of halogens is 2. The lowest BCUT2D eigenvalue weighted by Crippen LogP contribution is -2.29. The van der Waals surface area contributed by atoms with E-state index in [0.29, 0.717) is 37.8 Å². The van der Waals surface area contributed by atoms with Gasteiger partial charge >= 0.3 is 0 Å². The van der Waals surface area contributed by atoms with Crippen LogP contribution in [0, 0.1) is 6.92 Å². The molecule has 2 aromatic heterocycles. The fourth-order valence-electron chi connectivity index (χ4n) is 4.22. The van der Waals surface area contributed by atoms with E-state index in [0.717, 1.165) is 16.7 Å². The molecule has 0 aliphatic heterocycles. The molecule has 0 aliphatic rings. The molecule has 33 heavy (non-hydrogen) atoms. The molecule has 1 N–H and O–H groups in total. The van der Waals surface area contributed by atoms with E-state index in [1.807, 2.05) is 91.9 Å². The molecule has 5 rings (SSSR count). The Bertz CT molecular complexity index is 1460. The van der Waals surface area contributed by atoms with Crippen LogP contribution >= 0.6 is 23.2 Å². The number of pyridine rings is 2. The van der Waals surface area contributed by atoms with Crippen molar-refractivity contribution in [1.82, 2.24) is 9.97 Å². The molecule has 5 aromatic rings. The van der Waals surface area contributed by atoms with Crippen molar-refractivity contribution >= 4 is 34.1 Å². The van der Waals surface area contributed by atoms with E-state index in [1.54, 1.807) is 12.4 Å². The van der Waals surface area contributed by atoms with E-state index in [9.17, 15) is 5.11 Å². The van der Waals surface area contributed by atoms with E-state index in [1.165, 1.54) is 0 Å². The Morgan fingerprint density at radius 3 is 2.27 bits per heavy atom. The van der Waals surface area contributed by atoms with Crippen LogP contribution in [0.4, 0.5) is 0 Å². The normalized spacial score (nSPS) is 13.1. The quantitative estimate of drug-likeness (QED) is 0.282. The Balaban J connectivity index is 1.78. The summed E-state index contributed by atoms with van der Waals surface area (Å²) in [5.74, 6) is 0. The zero-order valence-electron chi connectivity index (χ0n) is 17.8. The van der Waals surface area contributed by atoms with Gasteiger partial charge in [-0.1, -0.05) is 95.5 Å². The number of aryl methyl sites for hydroxylation is 1. The molecule has 5 heteroatoms. The largest absolute Gasteiger partial charge is 0.376 e. The second-order valence-corrected chi connectivity index (χ2v) is 8.75. The SMILES string of the molecule is Cc1cccc(C(O)(c2cccnc2)c2ccc3nc(Cl)c(-c4ccccc4)c(Cl)c3c2)c1. The van der Waals surface area contributed by atoms with Crippen LogP contribution in [-0.2, 0) is 5.60 Å². The van der Waals surface area contributed by atoms with Crippen molar-refractivity contribution in [3.8, 4) is 11.1 Å². The van der Waals surface area contributed by atoms with E-state index in [-0.39, 0.29) is 0 Å². The molecule has 0 saturated carbocycles. The number of aliphatic hydroxyl groups is 1. The summed E-state index contributed by atoms with van der Waals surface area (Å²) in [6, 6.07) is 26.8. The first-order valence-corrected chi connectivity index (χ1v) is 11.3. The Kier molecular flexibility index (Phi) is 5.63. The molecular weight excluding hydrogens is 451 g/mol. The second-order valence-electron chi connectivity index (χ2n) is 8.01. The summed E-state index contributed by atoms with van der Waals surface area (Å²) in [6.07, 6.45) is 3.37. The maximum Gasteiger partial charge on any atom is 0.142 e. The summed E-state index contributed by atoms with van der Waals surface area (Å²) in [5, 5.41) is 13.8. The molecule has 0 spiro atoms. The molecule has 0 bridgehead atoms. The number of aromatic nitrogens is 2. The highest BCUT2D eigenvalue weighted by Gasteiger charge is 2.34. The number of hydrogen-bond donors (Lipinski definition) is 1. The summed E-state index contributed by atoms with van der Waals surface area (Å²) in [7, 11) is 0. The van der Waals surface area contributed by atoms with Crippen molar-refractivity contribution in [3.05, 3.63) is 130 Å². The van der Waals surface area contributed by atoms with Gasteiger partial charge in [0.1, 0.15) is 10.8 Å². The van der Waals surface area contributed by atoms with Crippen LogP contribution in [0.5, 0.6) is 0 Å². The first-order valence-electron chi connectivity index (χ1n) is 10.5. The molecule has 162 valence electrons. The van der Waals surface area contributed by atoms with E-state index < -0.39 is 5.60 Å². The minimum atomic E-state index is -1.43. The summed E-state index contributed by atoms with van der Waals surface area (Å²) >= 11 is 13.4. The minimum absolute atomic E-state index is 0.340. The fraction of sp³-hybridized carbons (Fsp3) is 0.0714. The molecule has 1 atom stereocenters. The third-order valence-electron chi connectivity index (χ3n) is 5.87. The van der Waals surface area contributed by atoms with Crippen molar-refractivity contribution < 1.29 is 5.11 Å². The van der Waals surface area contributed by atoms with Gasteiger partial charge in [-0.15, -0.1) is 0 Å². The second kappa shape index (κ2) is 8.60. The predicted molar refractivity (Wildman–Crippen MR) is 135 cm³/mol. The van der Waals surface area contributed by atoms with Crippen LogP contribution in [0.25, 0.3) is 22.0 Å². The molecule has 3 aromatic carbocycles. The van der Waals surface area contributed by atoms with Crippen LogP contribution in [-0.4, -0.2) is 15.1 Å². The van der Waals surface area contributed by atoms with Crippen molar-refractivity contribution in [2.24, 2.45) is 0 Å². The minimum Gasteiger partial charge on any atom is -0.376 e. The Labute approximate surface area is 202 Å². The number of rotatable bonds is 4. The molecule has 0 fully saturated rings. The lowest BCUT2D eigenvalue weighted by atomic mass is 9.80. The zero-order valence-corrected chi connectivity index (χ0v) is 19.3. The molecule has 0 aliphatic carbocycles. The first kappa shape index (κ1) is 21.6. The Morgan fingerprint density at radius 1 is 0.788 bits per heavy atom. The van der Waals surface area contributed by atoms with Gasteiger partial charge in [-0.2, -0.15) is 0 Å². The van der Waals surface area contributed by atoms with Crippen LogP contribution in [0.2, 0.25) is 10.2 Å². The summed E-state index contributed by atoms with van der Waals surface area (Å²) < 4.78 is 0. The van der Waals surface area contributed by atoms with Crippen LogP contribution in [0.3, 0.4) is 0 Å². The average Bonchev–Trinajstić information content (AvgIpc) is 2.84. The molecular formula is C28H20Cl2N2O. The lowest BCUT2D eigenvalue weighted by Gasteiger charge is -2.30. The number of hydrogen-bond acceptors (Lipinski definition) is 3. The fourth-order valence-corrected chi connectivity index (χ4v) is 4.91. The third-order valence-corrected chi connectivity index (χ3v) is 6.54.